The van der Waals surface area contributed by atoms with Gasteiger partial charge in [0.25, 0.3) is 12.3 Å². The summed E-state index contributed by atoms with van der Waals surface area (Å²) in [6.07, 6.45) is -10.6. The van der Waals surface area contributed by atoms with E-state index >= 15 is 0 Å². The lowest BCUT2D eigenvalue weighted by atomic mass is 10.1. The van der Waals surface area contributed by atoms with E-state index in [0.29, 0.717) is 22.2 Å². The van der Waals surface area contributed by atoms with Crippen molar-refractivity contribution < 1.29 is 44.7 Å². The van der Waals surface area contributed by atoms with Crippen LogP contribution in [0.25, 0.3) is 16.9 Å². The summed E-state index contributed by atoms with van der Waals surface area (Å²) in [5.74, 6) is -8.78. The van der Waals surface area contributed by atoms with E-state index in [1.807, 2.05) is 6.07 Å². The van der Waals surface area contributed by atoms with Gasteiger partial charge in [0.15, 0.2) is 17.3 Å². The van der Waals surface area contributed by atoms with Crippen molar-refractivity contribution in [3.8, 4) is 28.8 Å². The van der Waals surface area contributed by atoms with E-state index in [1.54, 1.807) is 0 Å². The molecule has 0 radical (unpaired) electrons. The first-order valence-electron chi connectivity index (χ1n) is 10.8. The lowest BCUT2D eigenvalue weighted by Crippen LogP contribution is -2.35. The zero-order chi connectivity index (χ0) is 28.9. The molecular formula is C22H15ClF8N6O2. The van der Waals surface area contributed by atoms with Crippen LogP contribution in [-0.4, -0.2) is 50.0 Å². The number of benzene rings is 1. The van der Waals surface area contributed by atoms with E-state index < -0.39 is 53.6 Å². The van der Waals surface area contributed by atoms with Gasteiger partial charge in [0, 0.05) is 18.8 Å². The van der Waals surface area contributed by atoms with Gasteiger partial charge in [-0.25, -0.2) is 18.1 Å². The standard InChI is InChI=1S/C22H15ClF8N6O2/c1-36-19(14(39-17(26)16(24)25)15(35-36)21(27,28)22(29,30)31)37-8-11(7-33-37)10-2-3-13(23)12(6-10)18(38)34-20(9-32)4-5-20/h2-3,6-8,16-17H,4-5H2,1H3,(H,34,38). The van der Waals surface area contributed by atoms with Crippen molar-refractivity contribution in [2.45, 2.75) is 43.3 Å². The van der Waals surface area contributed by atoms with Crippen LogP contribution in [0.2, 0.25) is 5.02 Å². The molecule has 1 aliphatic carbocycles. The molecule has 1 fully saturated rings. The van der Waals surface area contributed by atoms with E-state index in [2.05, 4.69) is 20.3 Å². The van der Waals surface area contributed by atoms with Crippen LogP contribution >= 0.6 is 11.6 Å². The number of carbonyl (C=O) groups excluding carboxylic acids is 1. The fourth-order valence-electron chi connectivity index (χ4n) is 3.50. The number of nitrogens with one attached hydrogen (secondary N) is 1. The third kappa shape index (κ3) is 5.22. The maximum absolute atomic E-state index is 14.2. The van der Waals surface area contributed by atoms with Gasteiger partial charge in [-0.3, -0.25) is 4.79 Å². The number of nitriles is 1. The average Bonchev–Trinajstić information content (AvgIpc) is 3.31. The lowest BCUT2D eigenvalue weighted by Gasteiger charge is -2.19. The second-order valence-corrected chi connectivity index (χ2v) is 8.92. The second-order valence-electron chi connectivity index (χ2n) is 8.52. The molecule has 39 heavy (non-hydrogen) atoms. The Kier molecular flexibility index (Phi) is 7.00. The maximum Gasteiger partial charge on any atom is 0.459 e. The lowest BCUT2D eigenvalue weighted by molar-refractivity contribution is -0.291. The number of aryl methyl sites for hydroxylation is 1. The van der Waals surface area contributed by atoms with E-state index in [1.165, 1.54) is 18.2 Å². The Morgan fingerprint density at radius 3 is 2.44 bits per heavy atom. The molecule has 1 aliphatic rings. The molecule has 208 valence electrons. The second kappa shape index (κ2) is 9.70. The van der Waals surface area contributed by atoms with Gasteiger partial charge >= 0.3 is 18.5 Å². The van der Waals surface area contributed by atoms with E-state index in [0.717, 1.165) is 19.4 Å². The van der Waals surface area contributed by atoms with E-state index in [9.17, 15) is 45.2 Å². The summed E-state index contributed by atoms with van der Waals surface area (Å²) in [6, 6.07) is 6.06. The number of aromatic nitrogens is 4. The molecule has 3 aromatic rings. The molecule has 0 aliphatic heterocycles. The quantitative estimate of drug-likeness (QED) is 0.363. The molecule has 0 spiro atoms. The van der Waals surface area contributed by atoms with E-state index in [-0.39, 0.29) is 21.7 Å². The summed E-state index contributed by atoms with van der Waals surface area (Å²) in [7, 11) is 0.892. The van der Waals surface area contributed by atoms with Crippen LogP contribution in [0.1, 0.15) is 28.9 Å². The van der Waals surface area contributed by atoms with Gasteiger partial charge < -0.3 is 10.1 Å². The zero-order valence-corrected chi connectivity index (χ0v) is 20.2. The van der Waals surface area contributed by atoms with Gasteiger partial charge in [0.05, 0.1) is 22.9 Å². The summed E-state index contributed by atoms with van der Waals surface area (Å²) < 4.78 is 112. The molecule has 1 atom stereocenters. The third-order valence-electron chi connectivity index (χ3n) is 5.72. The summed E-state index contributed by atoms with van der Waals surface area (Å²) in [5, 5.41) is 18.7. The monoisotopic (exact) mass is 582 g/mol. The molecule has 17 heteroatoms. The SMILES string of the molecule is Cn1nc(C(F)(F)C(F)(F)F)c(OC(F)C(F)F)c1-n1cc(-c2ccc(Cl)c(C(=O)NC3(C#N)CC3)c2)cn1. The Morgan fingerprint density at radius 1 is 1.21 bits per heavy atom. The number of carbonyl (C=O) groups is 1. The minimum absolute atomic E-state index is 0.0275. The maximum atomic E-state index is 14.2. The van der Waals surface area contributed by atoms with Crippen molar-refractivity contribution in [3.05, 3.63) is 46.9 Å². The van der Waals surface area contributed by atoms with Crippen LogP contribution in [-0.2, 0) is 13.0 Å². The Hall–Kier alpha value is -3.87. The number of ether oxygens (including phenoxy) is 1. The van der Waals surface area contributed by atoms with Gasteiger partial charge in [-0.1, -0.05) is 17.7 Å². The summed E-state index contributed by atoms with van der Waals surface area (Å²) in [6.45, 7) is 0. The molecule has 4 rings (SSSR count). The van der Waals surface area contributed by atoms with Crippen molar-refractivity contribution in [1.82, 2.24) is 24.9 Å². The number of alkyl halides is 8. The van der Waals surface area contributed by atoms with Crippen molar-refractivity contribution in [3.63, 3.8) is 0 Å². The molecule has 2 heterocycles. The Bertz CT molecular complexity index is 1460. The minimum Gasteiger partial charge on any atom is -0.448 e. The van der Waals surface area contributed by atoms with Crippen LogP contribution in [0.5, 0.6) is 5.75 Å². The largest absolute Gasteiger partial charge is 0.459 e. The molecule has 2 aromatic heterocycles. The van der Waals surface area contributed by atoms with Crippen molar-refractivity contribution in [1.29, 1.82) is 5.26 Å². The normalized spacial score (nSPS) is 15.6. The highest BCUT2D eigenvalue weighted by Crippen LogP contribution is 2.48. The predicted molar refractivity (Wildman–Crippen MR) is 117 cm³/mol. The van der Waals surface area contributed by atoms with Crippen molar-refractivity contribution >= 4 is 17.5 Å². The van der Waals surface area contributed by atoms with Crippen LogP contribution in [0.15, 0.2) is 30.6 Å². The third-order valence-corrected chi connectivity index (χ3v) is 6.05. The smallest absolute Gasteiger partial charge is 0.448 e. The molecule has 1 N–H and O–H groups in total. The van der Waals surface area contributed by atoms with Crippen LogP contribution < -0.4 is 10.1 Å². The first-order valence-corrected chi connectivity index (χ1v) is 11.2. The number of hydrogen-bond acceptors (Lipinski definition) is 5. The van der Waals surface area contributed by atoms with Gasteiger partial charge in [-0.05, 0) is 30.5 Å². The number of hydrogen-bond donors (Lipinski definition) is 1. The molecule has 1 saturated carbocycles. The average molecular weight is 583 g/mol. The van der Waals surface area contributed by atoms with Crippen molar-refractivity contribution in [2.24, 2.45) is 7.05 Å². The molecular weight excluding hydrogens is 568 g/mol. The number of nitrogens with zero attached hydrogens (tertiary/aromatic N) is 5. The number of rotatable bonds is 8. The topological polar surface area (TPSA) is 97.8 Å². The zero-order valence-electron chi connectivity index (χ0n) is 19.4. The van der Waals surface area contributed by atoms with Crippen LogP contribution in [0.4, 0.5) is 35.1 Å². The fourth-order valence-corrected chi connectivity index (χ4v) is 3.70. The summed E-state index contributed by atoms with van der Waals surface area (Å²) in [5.41, 5.74) is -2.76. The van der Waals surface area contributed by atoms with Crippen LogP contribution in [0, 0.1) is 11.3 Å². The molecule has 1 unspecified atom stereocenters. The van der Waals surface area contributed by atoms with Crippen molar-refractivity contribution in [2.75, 3.05) is 0 Å². The molecule has 8 nitrogen and oxygen atoms in total. The Balaban J connectivity index is 1.76. The summed E-state index contributed by atoms with van der Waals surface area (Å²) >= 11 is 6.12. The first-order chi connectivity index (χ1) is 18.1. The highest BCUT2D eigenvalue weighted by atomic mass is 35.5. The van der Waals surface area contributed by atoms with Gasteiger partial charge in [0.1, 0.15) is 5.54 Å². The highest BCUT2D eigenvalue weighted by molar-refractivity contribution is 6.34. The Labute approximate surface area is 218 Å². The predicted octanol–water partition coefficient (Wildman–Crippen LogP) is 5.31. The van der Waals surface area contributed by atoms with Gasteiger partial charge in [-0.15, -0.1) is 0 Å². The Morgan fingerprint density at radius 2 is 1.87 bits per heavy atom. The van der Waals surface area contributed by atoms with Crippen LogP contribution in [0.3, 0.4) is 0 Å². The number of halogens is 9. The molecule has 0 bridgehead atoms. The molecule has 0 saturated heterocycles. The van der Waals surface area contributed by atoms with Gasteiger partial charge in [-0.2, -0.15) is 41.8 Å². The fraction of sp³-hybridized carbons (Fsp3) is 0.364. The molecule has 1 aromatic carbocycles. The number of amides is 1. The summed E-state index contributed by atoms with van der Waals surface area (Å²) in [4.78, 5) is 12.7. The minimum atomic E-state index is -6.21. The highest BCUT2D eigenvalue weighted by Gasteiger charge is 2.63. The molecule has 1 amide bonds. The van der Waals surface area contributed by atoms with E-state index in [4.69, 9.17) is 11.6 Å². The van der Waals surface area contributed by atoms with Gasteiger partial charge in [0.2, 0.25) is 0 Å². The first kappa shape index (κ1) is 28.1.